The fourth-order valence-electron chi connectivity index (χ4n) is 3.43. The van der Waals surface area contributed by atoms with E-state index in [2.05, 4.69) is 47.2 Å². The number of amides is 1. The number of nitrogens with two attached hydrogens (primary N) is 1. The summed E-state index contributed by atoms with van der Waals surface area (Å²) >= 11 is 6.70. The van der Waals surface area contributed by atoms with Crippen LogP contribution in [0.4, 0.5) is 0 Å². The first-order chi connectivity index (χ1) is 9.87. The number of H-pyrrole nitrogens is 1. The van der Waals surface area contributed by atoms with E-state index >= 15 is 0 Å². The number of guanidine groups is 1. The second kappa shape index (κ2) is 4.00. The van der Waals surface area contributed by atoms with Gasteiger partial charge in [0, 0.05) is 0 Å². The van der Waals surface area contributed by atoms with Crippen molar-refractivity contribution in [2.24, 2.45) is 10.7 Å². The molecule has 4 atom stereocenters. The van der Waals surface area contributed by atoms with E-state index in [1.54, 1.807) is 0 Å². The number of aromatic nitrogens is 1. The Kier molecular flexibility index (Phi) is 2.58. The number of aromatic amines is 1. The van der Waals surface area contributed by atoms with Gasteiger partial charge in [-0.25, -0.2) is 4.99 Å². The highest BCUT2D eigenvalue weighted by atomic mass is 79.9. The average molecular weight is 421 g/mol. The number of nitrogens with one attached hydrogen (secondary N) is 2. The van der Waals surface area contributed by atoms with Gasteiger partial charge in [-0.3, -0.25) is 4.79 Å². The summed E-state index contributed by atoms with van der Waals surface area (Å²) in [6.45, 7) is 0.0149. The van der Waals surface area contributed by atoms with Crippen LogP contribution in [-0.2, 0) is 0 Å². The predicted molar refractivity (Wildman–Crippen MR) is 79.5 cm³/mol. The van der Waals surface area contributed by atoms with Gasteiger partial charge in [0.1, 0.15) is 18.2 Å². The van der Waals surface area contributed by atoms with Crippen LogP contribution in [0.15, 0.2) is 14.1 Å². The standard InChI is InChI=1S/C11H11Br2N5O3/c12-4-3-5(15-8(4)13)6-11(17-10(14)16-6)7(20)2(19)1-18(11)9(3)21/h2,6-7,15,19-20H,1H2,(H3,14,16,17). The zero-order valence-electron chi connectivity index (χ0n) is 10.5. The molecule has 6 N–H and O–H groups in total. The largest absolute Gasteiger partial charge is 0.388 e. The summed E-state index contributed by atoms with van der Waals surface area (Å²) in [6, 6.07) is -0.611. The van der Waals surface area contributed by atoms with Crippen molar-refractivity contribution < 1.29 is 15.0 Å². The maximum Gasteiger partial charge on any atom is 0.259 e. The van der Waals surface area contributed by atoms with Crippen molar-refractivity contribution in [2.75, 3.05) is 6.54 Å². The smallest absolute Gasteiger partial charge is 0.259 e. The fourth-order valence-corrected chi connectivity index (χ4v) is 4.33. The number of aliphatic hydroxyl groups excluding tert-OH is 2. The van der Waals surface area contributed by atoms with Crippen LogP contribution in [0, 0.1) is 0 Å². The average Bonchev–Trinajstić information content (AvgIpc) is 3.00. The van der Waals surface area contributed by atoms with Crippen molar-refractivity contribution in [3.63, 3.8) is 0 Å². The highest BCUT2D eigenvalue weighted by Crippen LogP contribution is 2.50. The minimum Gasteiger partial charge on any atom is -0.388 e. The van der Waals surface area contributed by atoms with Crippen LogP contribution >= 0.6 is 31.9 Å². The SMILES string of the molecule is NC1=NC2c3[nH]c(Br)c(Br)c3C(=O)N3CC(O)C(O)C23N1. The van der Waals surface area contributed by atoms with Crippen LogP contribution in [-0.4, -0.2) is 56.4 Å². The molecule has 1 saturated heterocycles. The first-order valence-electron chi connectivity index (χ1n) is 6.24. The summed E-state index contributed by atoms with van der Waals surface area (Å²) in [4.78, 5) is 21.5. The molecule has 1 aromatic rings. The number of hydrogen-bond acceptors (Lipinski definition) is 6. The van der Waals surface area contributed by atoms with E-state index in [0.29, 0.717) is 20.3 Å². The molecule has 0 saturated carbocycles. The van der Waals surface area contributed by atoms with Gasteiger partial charge in [-0.15, -0.1) is 0 Å². The van der Waals surface area contributed by atoms with Gasteiger partial charge in [-0.1, -0.05) is 0 Å². The Bertz CT molecular complexity index is 704. The van der Waals surface area contributed by atoms with Gasteiger partial charge < -0.3 is 31.1 Å². The molecule has 1 amide bonds. The normalized spacial score (nSPS) is 37.0. The lowest BCUT2D eigenvalue weighted by atomic mass is 9.87. The minimum absolute atomic E-state index is 0.0149. The number of aliphatic imine (C=N–C) groups is 1. The van der Waals surface area contributed by atoms with Gasteiger partial charge in [-0.05, 0) is 31.9 Å². The lowest BCUT2D eigenvalue weighted by Gasteiger charge is -2.43. The molecule has 1 aromatic heterocycles. The van der Waals surface area contributed by atoms with E-state index in [1.807, 2.05) is 0 Å². The maximum absolute atomic E-state index is 12.8. The number of carbonyl (C=O) groups is 1. The first-order valence-corrected chi connectivity index (χ1v) is 7.83. The van der Waals surface area contributed by atoms with Crippen LogP contribution < -0.4 is 11.1 Å². The zero-order chi connectivity index (χ0) is 15.1. The molecule has 0 aliphatic carbocycles. The Hall–Kier alpha value is -1.10. The predicted octanol–water partition coefficient (Wildman–Crippen LogP) is -0.614. The second-order valence-corrected chi connectivity index (χ2v) is 6.92. The van der Waals surface area contributed by atoms with Gasteiger partial charge in [0.25, 0.3) is 5.91 Å². The third-order valence-electron chi connectivity index (χ3n) is 4.30. The third kappa shape index (κ3) is 1.41. The monoisotopic (exact) mass is 419 g/mol. The summed E-state index contributed by atoms with van der Waals surface area (Å²) in [7, 11) is 0. The van der Waals surface area contributed by atoms with E-state index in [4.69, 9.17) is 5.73 Å². The van der Waals surface area contributed by atoms with Gasteiger partial charge in [0.2, 0.25) is 0 Å². The molecule has 0 radical (unpaired) electrons. The summed E-state index contributed by atoms with van der Waals surface area (Å²) in [6.07, 6.45) is -2.25. The molecule has 3 aliphatic heterocycles. The number of halogens is 2. The van der Waals surface area contributed by atoms with Crippen molar-refractivity contribution in [1.29, 1.82) is 0 Å². The molecular weight excluding hydrogens is 410 g/mol. The van der Waals surface area contributed by atoms with Gasteiger partial charge >= 0.3 is 0 Å². The zero-order valence-corrected chi connectivity index (χ0v) is 13.6. The molecule has 1 fully saturated rings. The molecule has 21 heavy (non-hydrogen) atoms. The summed E-state index contributed by atoms with van der Waals surface area (Å²) < 4.78 is 1.21. The molecular formula is C11H11Br2N5O3. The van der Waals surface area contributed by atoms with Gasteiger partial charge in [-0.2, -0.15) is 0 Å². The van der Waals surface area contributed by atoms with Crippen molar-refractivity contribution in [3.8, 4) is 0 Å². The van der Waals surface area contributed by atoms with E-state index in [1.165, 1.54) is 4.90 Å². The first kappa shape index (κ1) is 13.6. The van der Waals surface area contributed by atoms with E-state index in [0.717, 1.165) is 0 Å². The number of fused-ring (bicyclic) bond motifs is 2. The molecule has 1 spiro atoms. The van der Waals surface area contributed by atoms with Crippen molar-refractivity contribution in [2.45, 2.75) is 23.9 Å². The number of nitrogens with zero attached hydrogens (tertiary/aromatic N) is 2. The summed E-state index contributed by atoms with van der Waals surface area (Å²) in [5, 5.41) is 23.3. The summed E-state index contributed by atoms with van der Waals surface area (Å²) in [5.41, 5.74) is 5.52. The highest BCUT2D eigenvalue weighted by molar-refractivity contribution is 9.13. The third-order valence-corrected chi connectivity index (χ3v) is 6.22. The Labute approximate surface area is 135 Å². The Balaban J connectivity index is 2.00. The van der Waals surface area contributed by atoms with Crippen LogP contribution in [0.1, 0.15) is 22.1 Å². The topological polar surface area (TPSA) is 127 Å². The van der Waals surface area contributed by atoms with Crippen LogP contribution in [0.25, 0.3) is 0 Å². The van der Waals surface area contributed by atoms with Crippen LogP contribution in [0.2, 0.25) is 0 Å². The number of hydrogen-bond donors (Lipinski definition) is 5. The van der Waals surface area contributed by atoms with Gasteiger partial charge in [0.15, 0.2) is 11.6 Å². The van der Waals surface area contributed by atoms with Gasteiger partial charge in [0.05, 0.1) is 26.9 Å². The molecule has 4 unspecified atom stereocenters. The van der Waals surface area contributed by atoms with E-state index in [9.17, 15) is 15.0 Å². The second-order valence-electron chi connectivity index (χ2n) is 5.34. The molecule has 10 heteroatoms. The van der Waals surface area contributed by atoms with Crippen LogP contribution in [0.5, 0.6) is 0 Å². The maximum atomic E-state index is 12.8. The Morgan fingerprint density at radius 3 is 2.86 bits per heavy atom. The molecule has 3 aliphatic rings. The number of rotatable bonds is 0. The van der Waals surface area contributed by atoms with Crippen molar-refractivity contribution in [3.05, 3.63) is 20.3 Å². The Morgan fingerprint density at radius 1 is 1.43 bits per heavy atom. The van der Waals surface area contributed by atoms with Crippen LogP contribution in [0.3, 0.4) is 0 Å². The lowest BCUT2D eigenvalue weighted by molar-refractivity contribution is -0.0255. The van der Waals surface area contributed by atoms with Crippen molar-refractivity contribution in [1.82, 2.24) is 15.2 Å². The van der Waals surface area contributed by atoms with E-state index in [-0.39, 0.29) is 18.4 Å². The lowest BCUT2D eigenvalue weighted by Crippen LogP contribution is -2.67. The molecule has 4 heterocycles. The quantitative estimate of drug-likeness (QED) is 0.382. The molecule has 8 nitrogen and oxygen atoms in total. The van der Waals surface area contributed by atoms with E-state index < -0.39 is 23.9 Å². The molecule has 112 valence electrons. The molecule has 0 bridgehead atoms. The molecule has 0 aromatic carbocycles. The highest BCUT2D eigenvalue weighted by Gasteiger charge is 2.66. The summed E-state index contributed by atoms with van der Waals surface area (Å²) in [5.74, 6) is -0.177. The number of carbonyl (C=O) groups excluding carboxylic acids is 1. The minimum atomic E-state index is -1.24. The van der Waals surface area contributed by atoms with Crippen molar-refractivity contribution >= 4 is 43.7 Å². The fraction of sp³-hybridized carbons (Fsp3) is 0.455. The molecule has 4 rings (SSSR count). The number of aliphatic hydroxyl groups is 2. The Morgan fingerprint density at radius 2 is 2.14 bits per heavy atom.